The maximum Gasteiger partial charge on any atom is 0.244 e. The molecule has 1 unspecified atom stereocenters. The third-order valence-electron chi connectivity index (χ3n) is 2.49. The van der Waals surface area contributed by atoms with Crippen molar-refractivity contribution in [2.75, 3.05) is 25.1 Å². The molecule has 0 saturated carbocycles. The van der Waals surface area contributed by atoms with Crippen LogP contribution >= 0.6 is 0 Å². The molecule has 0 aromatic heterocycles. The summed E-state index contributed by atoms with van der Waals surface area (Å²) in [5.41, 5.74) is -0.659. The summed E-state index contributed by atoms with van der Waals surface area (Å²) in [6, 6.07) is 0.329. The Hall–Kier alpha value is -1.60. The maximum absolute atomic E-state index is 13.3. The first-order valence-corrected chi connectivity index (χ1v) is 5.34. The molecule has 1 atom stereocenters. The smallest absolute Gasteiger partial charge is 0.244 e. The number of amides is 1. The number of halogens is 3. The fourth-order valence-corrected chi connectivity index (χ4v) is 1.61. The van der Waals surface area contributed by atoms with Crippen LogP contribution in [0.15, 0.2) is 12.1 Å². The van der Waals surface area contributed by atoms with Crippen LogP contribution in [0, 0.1) is 17.5 Å². The van der Waals surface area contributed by atoms with Crippen molar-refractivity contribution in [1.29, 1.82) is 0 Å². The first kappa shape index (κ1) is 12.8. The molecule has 1 aromatic carbocycles. The van der Waals surface area contributed by atoms with Crippen molar-refractivity contribution in [1.82, 2.24) is 5.32 Å². The van der Waals surface area contributed by atoms with Crippen LogP contribution < -0.4 is 10.6 Å². The van der Waals surface area contributed by atoms with Crippen LogP contribution in [-0.2, 0) is 9.53 Å². The predicted octanol–water partition coefficient (Wildman–Crippen LogP) is 1.03. The number of carbonyl (C=O) groups excluding carboxylic acids is 1. The number of morpholine rings is 1. The molecule has 1 saturated heterocycles. The van der Waals surface area contributed by atoms with Crippen LogP contribution in [0.1, 0.15) is 0 Å². The normalized spacial score (nSPS) is 19.6. The Bertz CT molecular complexity index is 439. The quantitative estimate of drug-likeness (QED) is 0.835. The van der Waals surface area contributed by atoms with Crippen molar-refractivity contribution in [2.45, 2.75) is 6.04 Å². The Labute approximate surface area is 101 Å². The third-order valence-corrected chi connectivity index (χ3v) is 2.49. The van der Waals surface area contributed by atoms with E-state index in [2.05, 4.69) is 10.6 Å². The molecule has 98 valence electrons. The van der Waals surface area contributed by atoms with Crippen LogP contribution in [-0.4, -0.2) is 31.7 Å². The average Bonchev–Trinajstić information content (AvgIpc) is 2.34. The molecule has 1 heterocycles. The highest BCUT2D eigenvalue weighted by Gasteiger charge is 2.23. The number of benzene rings is 1. The topological polar surface area (TPSA) is 50.4 Å². The number of nitrogens with one attached hydrogen (secondary N) is 2. The molecule has 1 fully saturated rings. The third kappa shape index (κ3) is 2.80. The summed E-state index contributed by atoms with van der Waals surface area (Å²) >= 11 is 0. The molecule has 1 aliphatic heterocycles. The van der Waals surface area contributed by atoms with Crippen molar-refractivity contribution in [3.8, 4) is 0 Å². The van der Waals surface area contributed by atoms with Gasteiger partial charge in [-0.25, -0.2) is 13.2 Å². The Morgan fingerprint density at radius 3 is 2.56 bits per heavy atom. The van der Waals surface area contributed by atoms with Gasteiger partial charge in [0.25, 0.3) is 0 Å². The monoisotopic (exact) mass is 260 g/mol. The summed E-state index contributed by atoms with van der Waals surface area (Å²) < 4.78 is 44.3. The van der Waals surface area contributed by atoms with Crippen LogP contribution in [0.3, 0.4) is 0 Å². The van der Waals surface area contributed by atoms with E-state index in [1.54, 1.807) is 0 Å². The second-order valence-corrected chi connectivity index (χ2v) is 3.82. The van der Waals surface area contributed by atoms with E-state index < -0.39 is 35.1 Å². The molecular weight excluding hydrogens is 249 g/mol. The lowest BCUT2D eigenvalue weighted by Gasteiger charge is -2.23. The molecule has 2 N–H and O–H groups in total. The van der Waals surface area contributed by atoms with Gasteiger partial charge < -0.3 is 15.4 Å². The summed E-state index contributed by atoms with van der Waals surface area (Å²) in [4.78, 5) is 11.7. The molecule has 1 amide bonds. The minimum absolute atomic E-state index is 0.121. The molecular formula is C11H11F3N2O2. The Balaban J connectivity index is 2.11. The number of ether oxygens (including phenoxy) is 1. The lowest BCUT2D eigenvalue weighted by molar-refractivity contribution is -0.120. The summed E-state index contributed by atoms with van der Waals surface area (Å²) in [5.74, 6) is -3.98. The van der Waals surface area contributed by atoms with Gasteiger partial charge in [0, 0.05) is 18.7 Å². The van der Waals surface area contributed by atoms with Crippen molar-refractivity contribution in [3.63, 3.8) is 0 Å². The molecule has 7 heteroatoms. The summed E-state index contributed by atoms with van der Waals surface area (Å²) in [7, 11) is 0. The first-order valence-electron chi connectivity index (χ1n) is 5.34. The summed E-state index contributed by atoms with van der Waals surface area (Å²) in [6.45, 7) is 1.08. The number of carbonyl (C=O) groups is 1. The minimum Gasteiger partial charge on any atom is -0.378 e. The van der Waals surface area contributed by atoms with Crippen molar-refractivity contribution < 1.29 is 22.7 Å². The zero-order valence-corrected chi connectivity index (χ0v) is 9.30. The van der Waals surface area contributed by atoms with Gasteiger partial charge in [0.15, 0.2) is 11.6 Å². The van der Waals surface area contributed by atoms with E-state index in [4.69, 9.17) is 4.74 Å². The largest absolute Gasteiger partial charge is 0.378 e. The molecule has 0 radical (unpaired) electrons. The molecule has 4 nitrogen and oxygen atoms in total. The van der Waals surface area contributed by atoms with Gasteiger partial charge in [-0.2, -0.15) is 0 Å². The highest BCUT2D eigenvalue weighted by Crippen LogP contribution is 2.20. The van der Waals surface area contributed by atoms with Gasteiger partial charge in [-0.05, 0) is 0 Å². The van der Waals surface area contributed by atoms with E-state index in [1.807, 2.05) is 0 Å². The van der Waals surface area contributed by atoms with E-state index in [-0.39, 0.29) is 6.61 Å². The fourth-order valence-electron chi connectivity index (χ4n) is 1.61. The Kier molecular flexibility index (Phi) is 3.83. The number of hydrogen-bond donors (Lipinski definition) is 2. The van der Waals surface area contributed by atoms with Crippen LogP contribution in [0.5, 0.6) is 0 Å². The second kappa shape index (κ2) is 5.36. The Morgan fingerprint density at radius 2 is 2.00 bits per heavy atom. The fraction of sp³-hybridized carbons (Fsp3) is 0.364. The SMILES string of the molecule is O=C(Nc1c(F)cc(F)cc1F)C1COCCN1. The number of hydrogen-bond acceptors (Lipinski definition) is 3. The van der Waals surface area contributed by atoms with Crippen LogP contribution in [0.2, 0.25) is 0 Å². The highest BCUT2D eigenvalue weighted by atomic mass is 19.1. The standard InChI is InChI=1S/C11H11F3N2O2/c12-6-3-7(13)10(8(14)4-6)16-11(17)9-5-18-2-1-15-9/h3-4,9,15H,1-2,5H2,(H,16,17). The van der Waals surface area contributed by atoms with Gasteiger partial charge in [0.05, 0.1) is 13.2 Å². The van der Waals surface area contributed by atoms with Gasteiger partial charge in [-0.15, -0.1) is 0 Å². The lowest BCUT2D eigenvalue weighted by Crippen LogP contribution is -2.49. The first-order chi connectivity index (χ1) is 8.58. The average molecular weight is 260 g/mol. The molecule has 1 aliphatic rings. The highest BCUT2D eigenvalue weighted by molar-refractivity contribution is 5.95. The van der Waals surface area contributed by atoms with Crippen LogP contribution in [0.25, 0.3) is 0 Å². The molecule has 1 aromatic rings. The summed E-state index contributed by atoms with van der Waals surface area (Å²) in [5, 5.41) is 4.91. The van der Waals surface area contributed by atoms with E-state index >= 15 is 0 Å². The zero-order chi connectivity index (χ0) is 13.1. The molecule has 2 rings (SSSR count). The summed E-state index contributed by atoms with van der Waals surface area (Å²) in [6.07, 6.45) is 0. The number of anilines is 1. The van der Waals surface area contributed by atoms with E-state index in [0.29, 0.717) is 25.3 Å². The van der Waals surface area contributed by atoms with E-state index in [0.717, 1.165) is 0 Å². The molecule has 0 bridgehead atoms. The van der Waals surface area contributed by atoms with Gasteiger partial charge in [-0.3, -0.25) is 4.79 Å². The van der Waals surface area contributed by atoms with E-state index in [1.165, 1.54) is 0 Å². The van der Waals surface area contributed by atoms with Gasteiger partial charge in [-0.1, -0.05) is 0 Å². The molecule has 0 aliphatic carbocycles. The maximum atomic E-state index is 13.3. The van der Waals surface area contributed by atoms with Crippen molar-refractivity contribution in [2.24, 2.45) is 0 Å². The van der Waals surface area contributed by atoms with Crippen molar-refractivity contribution in [3.05, 3.63) is 29.6 Å². The molecule has 0 spiro atoms. The number of rotatable bonds is 2. The predicted molar refractivity (Wildman–Crippen MR) is 57.6 cm³/mol. The van der Waals surface area contributed by atoms with Crippen LogP contribution in [0.4, 0.5) is 18.9 Å². The lowest BCUT2D eigenvalue weighted by atomic mass is 10.2. The van der Waals surface area contributed by atoms with Gasteiger partial charge >= 0.3 is 0 Å². The zero-order valence-electron chi connectivity index (χ0n) is 9.30. The van der Waals surface area contributed by atoms with Crippen molar-refractivity contribution >= 4 is 11.6 Å². The van der Waals surface area contributed by atoms with E-state index in [9.17, 15) is 18.0 Å². The molecule has 18 heavy (non-hydrogen) atoms. The second-order valence-electron chi connectivity index (χ2n) is 3.82. The van der Waals surface area contributed by atoms with Gasteiger partial charge in [0.2, 0.25) is 5.91 Å². The Morgan fingerprint density at radius 1 is 1.33 bits per heavy atom. The van der Waals surface area contributed by atoms with Gasteiger partial charge in [0.1, 0.15) is 17.5 Å². The minimum atomic E-state index is -1.16.